The Hall–Kier alpha value is -3.62. The summed E-state index contributed by atoms with van der Waals surface area (Å²) in [5.41, 5.74) is 2.35. The molecule has 3 aromatic carbocycles. The Morgan fingerprint density at radius 3 is 2.43 bits per heavy atom. The summed E-state index contributed by atoms with van der Waals surface area (Å²) in [6.07, 6.45) is 1.41. The summed E-state index contributed by atoms with van der Waals surface area (Å²) < 4.78 is 11.9. The maximum atomic E-state index is 13.2. The fourth-order valence-electron chi connectivity index (χ4n) is 3.52. The molecule has 1 aliphatic rings. The van der Waals surface area contributed by atoms with Crippen molar-refractivity contribution in [2.24, 2.45) is 0 Å². The van der Waals surface area contributed by atoms with Gasteiger partial charge in [-0.15, -0.1) is 0 Å². The predicted octanol–water partition coefficient (Wildman–Crippen LogP) is 5.66. The van der Waals surface area contributed by atoms with Crippen molar-refractivity contribution in [1.29, 1.82) is 0 Å². The number of aryl methyl sites for hydroxylation is 1. The van der Waals surface area contributed by atoms with Crippen molar-refractivity contribution >= 4 is 57.1 Å². The molecule has 0 aliphatic carbocycles. The van der Waals surface area contributed by atoms with Crippen molar-refractivity contribution < 1.29 is 23.9 Å². The van der Waals surface area contributed by atoms with Gasteiger partial charge in [-0.2, -0.15) is 0 Å². The average Bonchev–Trinajstić information content (AvgIpc) is 2.83. The van der Waals surface area contributed by atoms with Crippen LogP contribution in [0.5, 0.6) is 11.5 Å². The van der Waals surface area contributed by atoms with Gasteiger partial charge in [-0.25, -0.2) is 9.69 Å². The van der Waals surface area contributed by atoms with E-state index in [0.717, 1.165) is 16.0 Å². The molecule has 35 heavy (non-hydrogen) atoms. The van der Waals surface area contributed by atoms with E-state index in [0.29, 0.717) is 32.2 Å². The van der Waals surface area contributed by atoms with Gasteiger partial charge < -0.3 is 9.47 Å². The number of amides is 4. The van der Waals surface area contributed by atoms with Crippen molar-refractivity contribution in [3.05, 3.63) is 92.4 Å². The van der Waals surface area contributed by atoms with E-state index in [1.807, 2.05) is 12.1 Å². The summed E-state index contributed by atoms with van der Waals surface area (Å²) in [6, 6.07) is 16.7. The lowest BCUT2D eigenvalue weighted by atomic mass is 10.1. The molecule has 7 nitrogen and oxygen atoms in total. The number of nitrogens with one attached hydrogen (secondary N) is 1. The van der Waals surface area contributed by atoms with Crippen LogP contribution in [0.2, 0.25) is 5.02 Å². The van der Waals surface area contributed by atoms with Crippen LogP contribution in [0.25, 0.3) is 6.08 Å². The Morgan fingerprint density at radius 1 is 1.03 bits per heavy atom. The normalized spacial score (nSPS) is 14.8. The molecule has 0 unspecified atom stereocenters. The Morgan fingerprint density at radius 2 is 1.74 bits per heavy atom. The van der Waals surface area contributed by atoms with Gasteiger partial charge in [0, 0.05) is 9.50 Å². The van der Waals surface area contributed by atoms with Gasteiger partial charge in [0.1, 0.15) is 12.2 Å². The van der Waals surface area contributed by atoms with E-state index >= 15 is 0 Å². The summed E-state index contributed by atoms with van der Waals surface area (Å²) in [6.45, 7) is 2.06. The summed E-state index contributed by atoms with van der Waals surface area (Å²) in [5, 5.41) is 2.87. The molecule has 9 heteroatoms. The lowest BCUT2D eigenvalue weighted by Crippen LogP contribution is -2.54. The van der Waals surface area contributed by atoms with Crippen molar-refractivity contribution in [1.82, 2.24) is 5.32 Å². The third-order valence-electron chi connectivity index (χ3n) is 5.35. The number of carbonyl (C=O) groups is 3. The number of urea groups is 1. The van der Waals surface area contributed by atoms with Gasteiger partial charge in [0.15, 0.2) is 11.5 Å². The van der Waals surface area contributed by atoms with E-state index in [9.17, 15) is 14.4 Å². The molecule has 3 aromatic rings. The first-order chi connectivity index (χ1) is 16.8. The molecule has 0 atom stereocenters. The lowest BCUT2D eigenvalue weighted by Gasteiger charge is -2.27. The zero-order valence-electron chi connectivity index (χ0n) is 18.8. The van der Waals surface area contributed by atoms with Crippen molar-refractivity contribution in [3.8, 4) is 11.5 Å². The number of ether oxygens (including phenoxy) is 2. The molecule has 1 heterocycles. The number of imide groups is 2. The van der Waals surface area contributed by atoms with Gasteiger partial charge in [0.2, 0.25) is 0 Å². The minimum atomic E-state index is -0.797. The minimum Gasteiger partial charge on any atom is -0.493 e. The maximum Gasteiger partial charge on any atom is 0.335 e. The summed E-state index contributed by atoms with van der Waals surface area (Å²) in [7, 11) is 1.49. The highest BCUT2D eigenvalue weighted by molar-refractivity contribution is 9.10. The van der Waals surface area contributed by atoms with E-state index < -0.39 is 17.8 Å². The molecule has 1 saturated heterocycles. The lowest BCUT2D eigenvalue weighted by molar-refractivity contribution is -0.122. The molecule has 0 saturated carbocycles. The standard InChI is InChI=1S/C26H20BrClN2O5/c1-15-5-3-4-6-21(15)30-25(32)19(24(31)29-26(30)33)11-17-12-22(34-2)23(13-20(17)27)35-14-16-7-9-18(28)10-8-16/h3-13H,14H2,1-2H3,(H,29,31,33)/b19-11+. The van der Waals surface area contributed by atoms with Gasteiger partial charge in [-0.3, -0.25) is 14.9 Å². The van der Waals surface area contributed by atoms with Crippen LogP contribution in [-0.4, -0.2) is 25.0 Å². The number of rotatable bonds is 6. The number of halogens is 2. The molecule has 1 fully saturated rings. The van der Waals surface area contributed by atoms with Crippen LogP contribution in [0.15, 0.2) is 70.7 Å². The van der Waals surface area contributed by atoms with Crippen LogP contribution in [0.1, 0.15) is 16.7 Å². The second kappa shape index (κ2) is 10.3. The molecule has 4 amide bonds. The van der Waals surface area contributed by atoms with E-state index in [1.54, 1.807) is 55.5 Å². The van der Waals surface area contributed by atoms with Crippen LogP contribution in [0.3, 0.4) is 0 Å². The second-order valence-corrected chi connectivity index (χ2v) is 8.97. The smallest absolute Gasteiger partial charge is 0.335 e. The molecular formula is C26H20BrClN2O5. The number of anilines is 1. The third kappa shape index (κ3) is 5.23. The highest BCUT2D eigenvalue weighted by Crippen LogP contribution is 2.36. The first-order valence-corrected chi connectivity index (χ1v) is 11.7. The first-order valence-electron chi connectivity index (χ1n) is 10.5. The fraction of sp³-hybridized carbons (Fsp3) is 0.115. The topological polar surface area (TPSA) is 84.9 Å². The van der Waals surface area contributed by atoms with Crippen molar-refractivity contribution in [2.75, 3.05) is 12.0 Å². The molecule has 0 aromatic heterocycles. The molecular weight excluding hydrogens is 536 g/mol. The van der Waals surface area contributed by atoms with E-state index in [-0.39, 0.29) is 12.2 Å². The van der Waals surface area contributed by atoms with Crippen LogP contribution in [0, 0.1) is 6.92 Å². The molecule has 1 aliphatic heterocycles. The maximum absolute atomic E-state index is 13.2. The monoisotopic (exact) mass is 554 g/mol. The van der Waals surface area contributed by atoms with Crippen molar-refractivity contribution in [2.45, 2.75) is 13.5 Å². The van der Waals surface area contributed by atoms with E-state index in [4.69, 9.17) is 21.1 Å². The molecule has 1 N–H and O–H groups in total. The number of nitrogens with zero attached hydrogens (tertiary/aromatic N) is 1. The van der Waals surface area contributed by atoms with Gasteiger partial charge in [-0.05, 0) is 60.0 Å². The number of methoxy groups -OCH3 is 1. The number of hydrogen-bond acceptors (Lipinski definition) is 5. The van der Waals surface area contributed by atoms with Crippen LogP contribution < -0.4 is 19.7 Å². The van der Waals surface area contributed by atoms with Gasteiger partial charge in [0.25, 0.3) is 11.8 Å². The van der Waals surface area contributed by atoms with Gasteiger partial charge in [0.05, 0.1) is 12.8 Å². The van der Waals surface area contributed by atoms with Crippen LogP contribution in [0.4, 0.5) is 10.5 Å². The number of carbonyl (C=O) groups excluding carboxylic acids is 3. The summed E-state index contributed by atoms with van der Waals surface area (Å²) in [4.78, 5) is 39.2. The third-order valence-corrected chi connectivity index (χ3v) is 6.29. The van der Waals surface area contributed by atoms with Crippen molar-refractivity contribution in [3.63, 3.8) is 0 Å². The van der Waals surface area contributed by atoms with Gasteiger partial charge >= 0.3 is 6.03 Å². The SMILES string of the molecule is COc1cc(/C=C2\C(=O)NC(=O)N(c3ccccc3C)C2=O)c(Br)cc1OCc1ccc(Cl)cc1. The zero-order chi connectivity index (χ0) is 25.1. The Balaban J connectivity index is 1.65. The first kappa shape index (κ1) is 24.5. The number of para-hydroxylation sites is 1. The van der Waals surface area contributed by atoms with E-state index in [2.05, 4.69) is 21.2 Å². The second-order valence-electron chi connectivity index (χ2n) is 7.68. The highest BCUT2D eigenvalue weighted by Gasteiger charge is 2.37. The molecule has 0 radical (unpaired) electrons. The average molecular weight is 556 g/mol. The molecule has 0 spiro atoms. The predicted molar refractivity (Wildman–Crippen MR) is 137 cm³/mol. The highest BCUT2D eigenvalue weighted by atomic mass is 79.9. The summed E-state index contributed by atoms with van der Waals surface area (Å²) >= 11 is 9.40. The number of benzene rings is 3. The van der Waals surface area contributed by atoms with E-state index in [1.165, 1.54) is 13.2 Å². The fourth-order valence-corrected chi connectivity index (χ4v) is 4.08. The number of barbiturate groups is 1. The van der Waals surface area contributed by atoms with Crippen LogP contribution >= 0.6 is 27.5 Å². The molecule has 0 bridgehead atoms. The largest absolute Gasteiger partial charge is 0.493 e. The molecule has 4 rings (SSSR count). The molecule has 178 valence electrons. The quantitative estimate of drug-likeness (QED) is 0.313. The minimum absolute atomic E-state index is 0.189. The Bertz CT molecular complexity index is 1350. The van der Waals surface area contributed by atoms with Gasteiger partial charge in [-0.1, -0.05) is 57.9 Å². The Kier molecular flexibility index (Phi) is 7.23. The van der Waals surface area contributed by atoms with Crippen LogP contribution in [-0.2, 0) is 16.2 Å². The Labute approximate surface area is 215 Å². The summed E-state index contributed by atoms with van der Waals surface area (Å²) in [5.74, 6) is -0.627. The zero-order valence-corrected chi connectivity index (χ0v) is 21.1. The number of hydrogen-bond donors (Lipinski definition) is 1.